The Balaban J connectivity index is 2.16. The minimum Gasteiger partial charge on any atom is -0.489 e. The van der Waals surface area contributed by atoms with Gasteiger partial charge in [-0.05, 0) is 18.6 Å². The molecule has 0 spiro atoms. The molecule has 0 heterocycles. The van der Waals surface area contributed by atoms with E-state index in [1.807, 2.05) is 19.1 Å². The first-order chi connectivity index (χ1) is 8.18. The Morgan fingerprint density at radius 1 is 1.12 bits per heavy atom. The molecule has 0 aromatic heterocycles. The van der Waals surface area contributed by atoms with E-state index < -0.39 is 0 Å². The number of ether oxygens (including phenoxy) is 1. The molecule has 0 aliphatic rings. The van der Waals surface area contributed by atoms with Crippen molar-refractivity contribution in [1.29, 1.82) is 0 Å². The van der Waals surface area contributed by atoms with Crippen molar-refractivity contribution in [3.8, 4) is 5.75 Å². The average Bonchev–Trinajstić information content (AvgIpc) is 2.30. The fourth-order valence-electron chi connectivity index (χ4n) is 1.64. The van der Waals surface area contributed by atoms with Crippen molar-refractivity contribution in [3.63, 3.8) is 0 Å². The molecule has 0 unspecified atom stereocenters. The minimum atomic E-state index is -0.264. The summed E-state index contributed by atoms with van der Waals surface area (Å²) in [6, 6.07) is 12.1. The summed E-state index contributed by atoms with van der Waals surface area (Å²) < 4.78 is 19.0. The van der Waals surface area contributed by atoms with E-state index >= 15 is 0 Å². The lowest BCUT2D eigenvalue weighted by Gasteiger charge is -2.12. The maximum atomic E-state index is 13.4. The molecule has 84 valence electrons. The topological polar surface area (TPSA) is 9.23 Å². The largest absolute Gasteiger partial charge is 0.489 e. The highest BCUT2D eigenvalue weighted by Crippen LogP contribution is 2.16. The standard InChI is InChI=1S/C14H12BFO/c1-10-5-4-7-12(15)14(10)17-9-11-6-2-3-8-13(11)16/h2-8H,9H2,1H3. The Labute approximate surface area is 102 Å². The zero-order valence-electron chi connectivity index (χ0n) is 9.61. The third kappa shape index (κ3) is 2.67. The van der Waals surface area contributed by atoms with E-state index in [1.165, 1.54) is 6.07 Å². The molecule has 17 heavy (non-hydrogen) atoms. The predicted molar refractivity (Wildman–Crippen MR) is 67.3 cm³/mol. The minimum absolute atomic E-state index is 0.182. The molecule has 2 aromatic carbocycles. The van der Waals surface area contributed by atoms with Gasteiger partial charge in [0.15, 0.2) is 0 Å². The molecular formula is C14H12BFO. The molecule has 0 amide bonds. The van der Waals surface area contributed by atoms with E-state index in [1.54, 1.807) is 24.3 Å². The molecule has 0 N–H and O–H groups in total. The first-order valence-corrected chi connectivity index (χ1v) is 5.40. The molecule has 0 aliphatic heterocycles. The molecule has 0 bridgehead atoms. The lowest BCUT2D eigenvalue weighted by atomic mass is 9.93. The second kappa shape index (κ2) is 5.04. The van der Waals surface area contributed by atoms with Crippen LogP contribution in [0.25, 0.3) is 0 Å². The Kier molecular flexibility index (Phi) is 3.47. The molecule has 0 saturated carbocycles. The van der Waals surface area contributed by atoms with Crippen molar-refractivity contribution in [2.75, 3.05) is 0 Å². The number of benzene rings is 2. The molecule has 2 rings (SSSR count). The highest BCUT2D eigenvalue weighted by atomic mass is 19.1. The van der Waals surface area contributed by atoms with Crippen molar-refractivity contribution in [3.05, 3.63) is 59.4 Å². The number of hydrogen-bond donors (Lipinski definition) is 0. The zero-order chi connectivity index (χ0) is 12.3. The molecule has 0 atom stereocenters. The Bertz CT molecular complexity index is 505. The van der Waals surface area contributed by atoms with Crippen LogP contribution in [0.5, 0.6) is 5.75 Å². The fourth-order valence-corrected chi connectivity index (χ4v) is 1.64. The first-order valence-electron chi connectivity index (χ1n) is 5.40. The maximum Gasteiger partial charge on any atom is 0.129 e. The first kappa shape index (κ1) is 11.7. The van der Waals surface area contributed by atoms with E-state index in [0.717, 1.165) is 5.56 Å². The Morgan fingerprint density at radius 2 is 1.88 bits per heavy atom. The van der Waals surface area contributed by atoms with Gasteiger partial charge in [-0.2, -0.15) is 0 Å². The summed E-state index contributed by atoms with van der Waals surface area (Å²) in [6.07, 6.45) is 0. The average molecular weight is 226 g/mol. The van der Waals surface area contributed by atoms with Gasteiger partial charge in [0.05, 0.1) is 0 Å². The van der Waals surface area contributed by atoms with E-state index in [9.17, 15) is 4.39 Å². The van der Waals surface area contributed by atoms with E-state index in [2.05, 4.69) is 0 Å². The summed E-state index contributed by atoms with van der Waals surface area (Å²) in [5, 5.41) is 0. The number of para-hydroxylation sites is 1. The number of aryl methyl sites for hydroxylation is 1. The summed E-state index contributed by atoms with van der Waals surface area (Å²) >= 11 is 0. The van der Waals surface area contributed by atoms with Crippen LogP contribution >= 0.6 is 0 Å². The van der Waals surface area contributed by atoms with Crippen LogP contribution in [0.1, 0.15) is 11.1 Å². The second-order valence-corrected chi connectivity index (χ2v) is 3.87. The Morgan fingerprint density at radius 3 is 2.59 bits per heavy atom. The van der Waals surface area contributed by atoms with Gasteiger partial charge in [-0.15, -0.1) is 0 Å². The van der Waals surface area contributed by atoms with Gasteiger partial charge in [0.25, 0.3) is 0 Å². The number of rotatable bonds is 3. The van der Waals surface area contributed by atoms with E-state index in [-0.39, 0.29) is 12.4 Å². The van der Waals surface area contributed by atoms with Gasteiger partial charge >= 0.3 is 0 Å². The number of hydrogen-bond acceptors (Lipinski definition) is 1. The lowest BCUT2D eigenvalue weighted by Crippen LogP contribution is -2.11. The third-order valence-electron chi connectivity index (χ3n) is 2.57. The van der Waals surface area contributed by atoms with Crippen molar-refractivity contribution in [1.82, 2.24) is 0 Å². The highest BCUT2D eigenvalue weighted by molar-refractivity contribution is 6.34. The van der Waals surface area contributed by atoms with Gasteiger partial charge in [0.2, 0.25) is 0 Å². The maximum absolute atomic E-state index is 13.4. The summed E-state index contributed by atoms with van der Waals surface area (Å²) in [5.74, 6) is 0.357. The third-order valence-corrected chi connectivity index (χ3v) is 2.57. The molecule has 0 fully saturated rings. The molecule has 0 saturated heterocycles. The van der Waals surface area contributed by atoms with Crippen LogP contribution in [-0.2, 0) is 6.61 Å². The van der Waals surface area contributed by atoms with Crippen LogP contribution in [0.3, 0.4) is 0 Å². The van der Waals surface area contributed by atoms with Gasteiger partial charge < -0.3 is 4.74 Å². The van der Waals surface area contributed by atoms with E-state index in [0.29, 0.717) is 16.8 Å². The van der Waals surface area contributed by atoms with Crippen molar-refractivity contribution >= 4 is 13.3 Å². The van der Waals surface area contributed by atoms with Gasteiger partial charge in [0, 0.05) is 5.56 Å². The summed E-state index contributed by atoms with van der Waals surface area (Å²) in [7, 11) is 5.80. The molecule has 3 heteroatoms. The lowest BCUT2D eigenvalue weighted by molar-refractivity contribution is 0.300. The summed E-state index contributed by atoms with van der Waals surface area (Å²) in [4.78, 5) is 0. The smallest absolute Gasteiger partial charge is 0.129 e. The molecule has 2 aromatic rings. The molecule has 2 radical (unpaired) electrons. The van der Waals surface area contributed by atoms with Crippen molar-refractivity contribution in [2.24, 2.45) is 0 Å². The Hall–Kier alpha value is -1.77. The molecule has 1 nitrogen and oxygen atoms in total. The normalized spacial score (nSPS) is 10.2. The predicted octanol–water partition coefficient (Wildman–Crippen LogP) is 2.51. The van der Waals surface area contributed by atoms with Crippen LogP contribution in [0.4, 0.5) is 4.39 Å². The van der Waals surface area contributed by atoms with Crippen molar-refractivity contribution in [2.45, 2.75) is 13.5 Å². The van der Waals surface area contributed by atoms with Gasteiger partial charge in [-0.25, -0.2) is 4.39 Å². The molecule has 0 aliphatic carbocycles. The molecular weight excluding hydrogens is 214 g/mol. The van der Waals surface area contributed by atoms with Crippen LogP contribution in [-0.4, -0.2) is 7.85 Å². The van der Waals surface area contributed by atoms with E-state index in [4.69, 9.17) is 12.6 Å². The monoisotopic (exact) mass is 226 g/mol. The van der Waals surface area contributed by atoms with Crippen LogP contribution < -0.4 is 10.2 Å². The number of halogens is 1. The van der Waals surface area contributed by atoms with Gasteiger partial charge in [0.1, 0.15) is 26.0 Å². The van der Waals surface area contributed by atoms with Crippen LogP contribution in [0.2, 0.25) is 0 Å². The van der Waals surface area contributed by atoms with Gasteiger partial charge in [-0.1, -0.05) is 41.9 Å². The summed E-state index contributed by atoms with van der Waals surface area (Å²) in [6.45, 7) is 2.09. The highest BCUT2D eigenvalue weighted by Gasteiger charge is 2.05. The summed E-state index contributed by atoms with van der Waals surface area (Å²) in [5.41, 5.74) is 2.04. The van der Waals surface area contributed by atoms with Crippen molar-refractivity contribution < 1.29 is 9.13 Å². The van der Waals surface area contributed by atoms with Gasteiger partial charge in [-0.3, -0.25) is 0 Å². The van der Waals surface area contributed by atoms with Crippen LogP contribution in [0, 0.1) is 12.7 Å². The second-order valence-electron chi connectivity index (χ2n) is 3.87. The zero-order valence-corrected chi connectivity index (χ0v) is 9.61. The SMILES string of the molecule is [B]c1cccc(C)c1OCc1ccccc1F. The fraction of sp³-hybridized carbons (Fsp3) is 0.143. The van der Waals surface area contributed by atoms with Crippen LogP contribution in [0.15, 0.2) is 42.5 Å². The quantitative estimate of drug-likeness (QED) is 0.730.